The quantitative estimate of drug-likeness (QED) is 0.458. The van der Waals surface area contributed by atoms with Crippen molar-refractivity contribution in [3.05, 3.63) is 65.0 Å². The largest absolute Gasteiger partial charge is 0.419 e. The van der Waals surface area contributed by atoms with Gasteiger partial charge in [0.25, 0.3) is 5.91 Å². The first-order valence-corrected chi connectivity index (χ1v) is 8.60. The van der Waals surface area contributed by atoms with Crippen LogP contribution in [0.25, 0.3) is 0 Å². The minimum Gasteiger partial charge on any atom is -0.399 e. The number of carbonyl (C=O) groups is 1. The molecule has 1 aliphatic heterocycles. The summed E-state index contributed by atoms with van der Waals surface area (Å²) < 4.78 is 53.2. The van der Waals surface area contributed by atoms with Crippen LogP contribution >= 0.6 is 0 Å². The van der Waals surface area contributed by atoms with E-state index >= 15 is 0 Å². The molecular formula is C18H18F4N6O. The first-order valence-electron chi connectivity index (χ1n) is 8.60. The monoisotopic (exact) mass is 410 g/mol. The van der Waals surface area contributed by atoms with E-state index in [0.717, 1.165) is 12.1 Å². The highest BCUT2D eigenvalue weighted by molar-refractivity contribution is 5.95. The summed E-state index contributed by atoms with van der Waals surface area (Å²) in [6.07, 6.45) is -1.72. The zero-order chi connectivity index (χ0) is 21.3. The molecule has 0 radical (unpaired) electrons. The van der Waals surface area contributed by atoms with E-state index in [1.54, 1.807) is 13.0 Å². The maximum absolute atomic E-state index is 14.4. The summed E-state index contributed by atoms with van der Waals surface area (Å²) in [6.45, 7) is 1.66. The molecule has 0 fully saturated rings. The van der Waals surface area contributed by atoms with Gasteiger partial charge in [0.05, 0.1) is 28.6 Å². The van der Waals surface area contributed by atoms with Crippen LogP contribution in [-0.2, 0) is 6.18 Å². The highest BCUT2D eigenvalue weighted by Crippen LogP contribution is 2.33. The molecule has 4 N–H and O–H groups in total. The van der Waals surface area contributed by atoms with Crippen molar-refractivity contribution in [3.8, 4) is 0 Å². The minimum atomic E-state index is -4.91. The highest BCUT2D eigenvalue weighted by Gasteiger charge is 2.38. The SMILES string of the molecule is CC1C(N)=C(N(N)c2ncccn2)CCN1C(=O)c1cccc(C(F)(F)F)c1F. The summed E-state index contributed by atoms with van der Waals surface area (Å²) in [6, 6.07) is 3.48. The molecule has 0 spiro atoms. The van der Waals surface area contributed by atoms with Crippen molar-refractivity contribution >= 4 is 11.9 Å². The van der Waals surface area contributed by atoms with Crippen LogP contribution < -0.4 is 16.6 Å². The fourth-order valence-corrected chi connectivity index (χ4v) is 3.12. The third-order valence-corrected chi connectivity index (χ3v) is 4.69. The van der Waals surface area contributed by atoms with Crippen LogP contribution in [0.4, 0.5) is 23.5 Å². The molecule has 11 heteroatoms. The molecule has 1 aromatic carbocycles. The third-order valence-electron chi connectivity index (χ3n) is 4.69. The Morgan fingerprint density at radius 2 is 1.90 bits per heavy atom. The van der Waals surface area contributed by atoms with E-state index in [0.29, 0.717) is 11.8 Å². The Hall–Kier alpha value is -3.21. The van der Waals surface area contributed by atoms with E-state index in [4.69, 9.17) is 11.6 Å². The summed E-state index contributed by atoms with van der Waals surface area (Å²) in [5.74, 6) is 3.73. The van der Waals surface area contributed by atoms with Gasteiger partial charge >= 0.3 is 6.18 Å². The van der Waals surface area contributed by atoms with E-state index in [1.807, 2.05) is 0 Å². The van der Waals surface area contributed by atoms with E-state index in [1.165, 1.54) is 22.3 Å². The molecule has 0 bridgehead atoms. The topological polar surface area (TPSA) is 101 Å². The Morgan fingerprint density at radius 1 is 1.24 bits per heavy atom. The van der Waals surface area contributed by atoms with Crippen molar-refractivity contribution in [2.75, 3.05) is 11.6 Å². The molecule has 1 aliphatic rings. The molecule has 29 heavy (non-hydrogen) atoms. The Kier molecular flexibility index (Phi) is 5.42. The molecule has 7 nitrogen and oxygen atoms in total. The van der Waals surface area contributed by atoms with Gasteiger partial charge in [-0.1, -0.05) is 6.07 Å². The molecule has 1 atom stereocenters. The predicted molar refractivity (Wildman–Crippen MR) is 96.4 cm³/mol. The van der Waals surface area contributed by atoms with Gasteiger partial charge in [-0.25, -0.2) is 25.2 Å². The molecule has 2 aromatic rings. The van der Waals surface area contributed by atoms with E-state index in [2.05, 4.69) is 9.97 Å². The number of hydrogen-bond donors (Lipinski definition) is 2. The number of rotatable bonds is 3. The zero-order valence-electron chi connectivity index (χ0n) is 15.3. The van der Waals surface area contributed by atoms with Gasteiger partial charge in [-0.05, 0) is 25.1 Å². The Labute approximate surface area is 163 Å². The lowest BCUT2D eigenvalue weighted by molar-refractivity contribution is -0.140. The molecule has 0 saturated carbocycles. The van der Waals surface area contributed by atoms with E-state index in [9.17, 15) is 22.4 Å². The van der Waals surface area contributed by atoms with Crippen molar-refractivity contribution in [1.82, 2.24) is 14.9 Å². The standard InChI is InChI=1S/C18H18F4N6O/c1-10-15(23)13(28(24)17-25-7-3-8-26-17)6-9-27(10)16(29)11-4-2-5-12(14(11)19)18(20,21)22/h2-5,7-8,10H,6,9,23-24H2,1H3. The number of carbonyl (C=O) groups excluding carboxylic acids is 1. The molecule has 2 heterocycles. The fourth-order valence-electron chi connectivity index (χ4n) is 3.12. The molecule has 154 valence electrons. The number of amides is 1. The van der Waals surface area contributed by atoms with Crippen LogP contribution in [0.2, 0.25) is 0 Å². The van der Waals surface area contributed by atoms with Gasteiger partial charge in [0.15, 0.2) is 0 Å². The number of alkyl halides is 3. The van der Waals surface area contributed by atoms with Crippen LogP contribution in [0.3, 0.4) is 0 Å². The number of anilines is 1. The number of halogens is 4. The van der Waals surface area contributed by atoms with Gasteiger partial charge in [-0.2, -0.15) is 13.2 Å². The summed E-state index contributed by atoms with van der Waals surface area (Å²) in [7, 11) is 0. The summed E-state index contributed by atoms with van der Waals surface area (Å²) >= 11 is 0. The highest BCUT2D eigenvalue weighted by atomic mass is 19.4. The Morgan fingerprint density at radius 3 is 2.52 bits per heavy atom. The molecular weight excluding hydrogens is 392 g/mol. The minimum absolute atomic E-state index is 0.0756. The number of nitrogens with zero attached hydrogens (tertiary/aromatic N) is 4. The first kappa shape index (κ1) is 20.5. The average Bonchev–Trinajstić information content (AvgIpc) is 2.69. The number of hydrazine groups is 1. The van der Waals surface area contributed by atoms with Gasteiger partial charge in [0, 0.05) is 25.4 Å². The molecule has 0 saturated heterocycles. The molecule has 1 amide bonds. The molecule has 1 aromatic heterocycles. The van der Waals surface area contributed by atoms with Crippen molar-refractivity contribution in [2.45, 2.75) is 25.6 Å². The number of aromatic nitrogens is 2. The second-order valence-electron chi connectivity index (χ2n) is 6.41. The lowest BCUT2D eigenvalue weighted by Crippen LogP contribution is -2.49. The van der Waals surface area contributed by atoms with Crippen LogP contribution in [0.15, 0.2) is 48.1 Å². The van der Waals surface area contributed by atoms with Gasteiger partial charge in [0.2, 0.25) is 5.95 Å². The van der Waals surface area contributed by atoms with Crippen LogP contribution in [0.5, 0.6) is 0 Å². The van der Waals surface area contributed by atoms with Gasteiger partial charge < -0.3 is 10.6 Å². The maximum atomic E-state index is 14.4. The summed E-state index contributed by atoms with van der Waals surface area (Å²) in [5.41, 5.74) is 4.66. The van der Waals surface area contributed by atoms with Gasteiger partial charge in [-0.3, -0.25) is 4.79 Å². The van der Waals surface area contributed by atoms with Gasteiger partial charge in [-0.15, -0.1) is 0 Å². The van der Waals surface area contributed by atoms with Crippen LogP contribution in [0, 0.1) is 5.82 Å². The smallest absolute Gasteiger partial charge is 0.399 e. The van der Waals surface area contributed by atoms with Crippen LogP contribution in [0.1, 0.15) is 29.3 Å². The van der Waals surface area contributed by atoms with Gasteiger partial charge in [0.1, 0.15) is 5.82 Å². The van der Waals surface area contributed by atoms with E-state index in [-0.39, 0.29) is 24.6 Å². The lowest BCUT2D eigenvalue weighted by Gasteiger charge is -2.37. The Bertz CT molecular complexity index is 947. The number of benzene rings is 1. The predicted octanol–water partition coefficient (Wildman–Crippen LogP) is 2.42. The first-order chi connectivity index (χ1) is 13.6. The average molecular weight is 410 g/mol. The third kappa shape index (κ3) is 3.86. The molecule has 3 rings (SSSR count). The lowest BCUT2D eigenvalue weighted by atomic mass is 10.0. The maximum Gasteiger partial charge on any atom is 0.419 e. The van der Waals surface area contributed by atoms with Crippen molar-refractivity contribution in [3.63, 3.8) is 0 Å². The fraction of sp³-hybridized carbons (Fsp3) is 0.278. The second-order valence-corrected chi connectivity index (χ2v) is 6.41. The summed E-state index contributed by atoms with van der Waals surface area (Å²) in [5, 5.41) is 1.19. The summed E-state index contributed by atoms with van der Waals surface area (Å²) in [4.78, 5) is 22.0. The normalized spacial score (nSPS) is 17.4. The van der Waals surface area contributed by atoms with E-state index < -0.39 is 35.1 Å². The Balaban J connectivity index is 1.90. The van der Waals surface area contributed by atoms with Crippen molar-refractivity contribution in [1.29, 1.82) is 0 Å². The van der Waals surface area contributed by atoms with Crippen molar-refractivity contribution < 1.29 is 22.4 Å². The van der Waals surface area contributed by atoms with Crippen molar-refractivity contribution in [2.24, 2.45) is 11.6 Å². The van der Waals surface area contributed by atoms with Crippen LogP contribution in [-0.4, -0.2) is 33.4 Å². The molecule has 0 aliphatic carbocycles. The number of hydrogen-bond acceptors (Lipinski definition) is 6. The number of nitrogens with two attached hydrogens (primary N) is 2. The molecule has 1 unspecified atom stereocenters. The zero-order valence-corrected chi connectivity index (χ0v) is 15.3. The second kappa shape index (κ2) is 7.66.